The molecule has 1 aromatic carbocycles. The van der Waals surface area contributed by atoms with E-state index in [1.807, 2.05) is 29.0 Å². The zero-order valence-corrected chi connectivity index (χ0v) is 16.9. The Morgan fingerprint density at radius 1 is 1.28 bits per heavy atom. The summed E-state index contributed by atoms with van der Waals surface area (Å²) in [5, 5.41) is 9.42. The average Bonchev–Trinajstić information content (AvgIpc) is 3.15. The summed E-state index contributed by atoms with van der Waals surface area (Å²) in [6, 6.07) is 5.79. The molecule has 0 aliphatic rings. The van der Waals surface area contributed by atoms with Gasteiger partial charge in [0.05, 0.1) is 12.1 Å². The number of nitrogens with zero attached hydrogens (tertiary/aromatic N) is 1. The second-order valence-electron chi connectivity index (χ2n) is 6.80. The predicted octanol–water partition coefficient (Wildman–Crippen LogP) is 6.27. The van der Waals surface area contributed by atoms with Gasteiger partial charge in [-0.15, -0.1) is 22.7 Å². The Balaban J connectivity index is 1.70. The van der Waals surface area contributed by atoms with Gasteiger partial charge in [-0.2, -0.15) is 0 Å². The number of thiophene rings is 1. The van der Waals surface area contributed by atoms with Crippen LogP contribution in [-0.2, 0) is 16.6 Å². The molecule has 3 nitrogen and oxygen atoms in total. The van der Waals surface area contributed by atoms with Crippen LogP contribution in [0.15, 0.2) is 29.0 Å². The maximum atomic E-state index is 12.4. The third-order valence-electron chi connectivity index (χ3n) is 4.29. The number of halogens is 1. The van der Waals surface area contributed by atoms with Crippen LogP contribution >= 0.6 is 34.3 Å². The number of nitrogens with one attached hydrogen (secondary N) is 1. The van der Waals surface area contributed by atoms with Gasteiger partial charge in [0.1, 0.15) is 0 Å². The number of hydrogen-bond donors (Lipinski definition) is 1. The second-order valence-corrected chi connectivity index (χ2v) is 9.00. The van der Waals surface area contributed by atoms with Gasteiger partial charge >= 0.3 is 0 Å². The van der Waals surface area contributed by atoms with Crippen LogP contribution in [0.2, 0.25) is 5.02 Å². The third kappa shape index (κ3) is 4.22. The molecule has 0 saturated heterocycles. The van der Waals surface area contributed by atoms with Crippen LogP contribution < -0.4 is 5.32 Å². The summed E-state index contributed by atoms with van der Waals surface area (Å²) >= 11 is 9.20. The molecule has 2 aromatic heterocycles. The van der Waals surface area contributed by atoms with Crippen molar-refractivity contribution >= 4 is 55.4 Å². The van der Waals surface area contributed by atoms with Crippen LogP contribution in [0.5, 0.6) is 0 Å². The Labute approximate surface area is 161 Å². The minimum Gasteiger partial charge on any atom is -0.302 e. The lowest BCUT2D eigenvalue weighted by Gasteiger charge is -2.21. The summed E-state index contributed by atoms with van der Waals surface area (Å²) in [4.78, 5) is 17.0. The first-order valence-electron chi connectivity index (χ1n) is 8.30. The van der Waals surface area contributed by atoms with E-state index < -0.39 is 0 Å². The maximum Gasteiger partial charge on any atom is 0.230 e. The third-order valence-corrected chi connectivity index (χ3v) is 6.29. The van der Waals surface area contributed by atoms with Crippen LogP contribution in [0.4, 0.5) is 5.13 Å². The van der Waals surface area contributed by atoms with Gasteiger partial charge in [0.15, 0.2) is 5.13 Å². The van der Waals surface area contributed by atoms with Gasteiger partial charge < -0.3 is 5.32 Å². The maximum absolute atomic E-state index is 12.4. The minimum absolute atomic E-state index is 0.0362. The molecule has 0 aliphatic heterocycles. The fourth-order valence-corrected chi connectivity index (χ4v) is 4.96. The Morgan fingerprint density at radius 3 is 2.84 bits per heavy atom. The van der Waals surface area contributed by atoms with Crippen LogP contribution in [0.25, 0.3) is 10.1 Å². The van der Waals surface area contributed by atoms with Crippen molar-refractivity contribution in [2.75, 3.05) is 5.32 Å². The zero-order valence-electron chi connectivity index (χ0n) is 14.6. The van der Waals surface area contributed by atoms with E-state index in [0.717, 1.165) is 34.2 Å². The van der Waals surface area contributed by atoms with Crippen molar-refractivity contribution in [3.05, 3.63) is 45.2 Å². The first-order valence-corrected chi connectivity index (χ1v) is 10.4. The molecule has 0 bridgehead atoms. The fourth-order valence-electron chi connectivity index (χ4n) is 2.92. The minimum atomic E-state index is -0.0473. The molecular formula is C19H21ClN2OS2. The molecule has 0 radical (unpaired) electrons. The predicted molar refractivity (Wildman–Crippen MR) is 109 cm³/mol. The van der Waals surface area contributed by atoms with Crippen molar-refractivity contribution in [2.24, 2.45) is 0 Å². The van der Waals surface area contributed by atoms with Gasteiger partial charge in [0, 0.05) is 20.5 Å². The number of aromatic nitrogens is 1. The number of fused-ring (bicyclic) bond motifs is 1. The van der Waals surface area contributed by atoms with E-state index in [9.17, 15) is 4.79 Å². The van der Waals surface area contributed by atoms with Gasteiger partial charge in [-0.3, -0.25) is 4.79 Å². The Kier molecular flexibility index (Phi) is 5.46. The highest BCUT2D eigenvalue weighted by Gasteiger charge is 2.23. The molecule has 0 saturated carbocycles. The highest BCUT2D eigenvalue weighted by Crippen LogP contribution is 2.32. The number of carbonyl (C=O) groups is 1. The van der Waals surface area contributed by atoms with Crippen LogP contribution in [-0.4, -0.2) is 10.9 Å². The standard InChI is InChI=1S/C19H21ClN2OS2/c1-4-7-19(2,3)16-11-25-18(21-16)22-17(23)8-12-10-24-15-6-5-13(20)9-14(12)15/h5-6,9-11H,4,7-8H2,1-3H3,(H,21,22,23). The van der Waals surface area contributed by atoms with E-state index in [4.69, 9.17) is 11.6 Å². The van der Waals surface area contributed by atoms with Gasteiger partial charge in [-0.05, 0) is 40.9 Å². The van der Waals surface area contributed by atoms with E-state index in [-0.39, 0.29) is 11.3 Å². The quantitative estimate of drug-likeness (QED) is 0.537. The van der Waals surface area contributed by atoms with Crippen molar-refractivity contribution in [1.82, 2.24) is 4.98 Å². The summed E-state index contributed by atoms with van der Waals surface area (Å²) in [5.74, 6) is -0.0473. The molecule has 0 spiro atoms. The molecule has 25 heavy (non-hydrogen) atoms. The number of carbonyl (C=O) groups excluding carboxylic acids is 1. The fraction of sp³-hybridized carbons (Fsp3) is 0.368. The number of anilines is 1. The van der Waals surface area contributed by atoms with Crippen molar-refractivity contribution in [2.45, 2.75) is 45.4 Å². The van der Waals surface area contributed by atoms with E-state index >= 15 is 0 Å². The lowest BCUT2D eigenvalue weighted by molar-refractivity contribution is -0.115. The molecule has 0 unspecified atom stereocenters. The van der Waals surface area contributed by atoms with Gasteiger partial charge in [-0.1, -0.05) is 38.8 Å². The van der Waals surface area contributed by atoms with Crippen molar-refractivity contribution in [3.8, 4) is 0 Å². The van der Waals surface area contributed by atoms with Crippen molar-refractivity contribution in [1.29, 1.82) is 0 Å². The smallest absolute Gasteiger partial charge is 0.230 e. The molecule has 0 fully saturated rings. The molecular weight excluding hydrogens is 372 g/mol. The first kappa shape index (κ1) is 18.4. The molecule has 1 N–H and O–H groups in total. The Hall–Kier alpha value is -1.43. The normalized spacial score (nSPS) is 11.8. The van der Waals surface area contributed by atoms with E-state index in [0.29, 0.717) is 16.6 Å². The Bertz CT molecular complexity index is 898. The number of thiazole rings is 1. The number of rotatable bonds is 6. The molecule has 0 atom stereocenters. The van der Waals surface area contributed by atoms with Crippen LogP contribution in [0.3, 0.4) is 0 Å². The average molecular weight is 393 g/mol. The molecule has 0 aliphatic carbocycles. The van der Waals surface area contributed by atoms with Gasteiger partial charge in [0.25, 0.3) is 0 Å². The van der Waals surface area contributed by atoms with E-state index in [1.165, 1.54) is 11.3 Å². The Morgan fingerprint density at radius 2 is 2.08 bits per heavy atom. The molecule has 1 amide bonds. The van der Waals surface area contributed by atoms with E-state index in [2.05, 4.69) is 31.1 Å². The highest BCUT2D eigenvalue weighted by molar-refractivity contribution is 7.17. The van der Waals surface area contributed by atoms with Crippen molar-refractivity contribution in [3.63, 3.8) is 0 Å². The highest BCUT2D eigenvalue weighted by atomic mass is 35.5. The number of hydrogen-bond acceptors (Lipinski definition) is 4. The van der Waals surface area contributed by atoms with Crippen LogP contribution in [0, 0.1) is 0 Å². The summed E-state index contributed by atoms with van der Waals surface area (Å²) in [7, 11) is 0. The lowest BCUT2D eigenvalue weighted by Crippen LogP contribution is -2.18. The number of benzene rings is 1. The SMILES string of the molecule is CCCC(C)(C)c1csc(NC(=O)Cc2csc3ccc(Cl)cc23)n1. The zero-order chi connectivity index (χ0) is 18.0. The second kappa shape index (κ2) is 7.44. The van der Waals surface area contributed by atoms with Crippen LogP contribution in [0.1, 0.15) is 44.9 Å². The summed E-state index contributed by atoms with van der Waals surface area (Å²) in [6.45, 7) is 6.56. The van der Waals surface area contributed by atoms with E-state index in [1.54, 1.807) is 11.3 Å². The number of amides is 1. The van der Waals surface area contributed by atoms with Gasteiger partial charge in [-0.25, -0.2) is 4.98 Å². The summed E-state index contributed by atoms with van der Waals surface area (Å²) < 4.78 is 1.14. The molecule has 2 heterocycles. The lowest BCUT2D eigenvalue weighted by atomic mass is 9.85. The topological polar surface area (TPSA) is 42.0 Å². The largest absolute Gasteiger partial charge is 0.302 e. The van der Waals surface area contributed by atoms with Crippen molar-refractivity contribution < 1.29 is 4.79 Å². The molecule has 132 valence electrons. The molecule has 3 rings (SSSR count). The first-order chi connectivity index (χ1) is 11.9. The summed E-state index contributed by atoms with van der Waals surface area (Å²) in [5.41, 5.74) is 2.08. The monoisotopic (exact) mass is 392 g/mol. The van der Waals surface area contributed by atoms with Gasteiger partial charge in [0.2, 0.25) is 5.91 Å². The molecule has 3 aromatic rings. The summed E-state index contributed by atoms with van der Waals surface area (Å²) in [6.07, 6.45) is 2.51. The molecule has 6 heteroatoms.